The quantitative estimate of drug-likeness (QED) is 0.406. The van der Waals surface area contributed by atoms with Crippen LogP contribution < -0.4 is 10.6 Å². The third-order valence-electron chi connectivity index (χ3n) is 4.55. The van der Waals surface area contributed by atoms with Crippen molar-refractivity contribution in [3.05, 3.63) is 0 Å². The Bertz CT molecular complexity index is 374. The largest absolute Gasteiger partial charge is 0.354 e. The van der Waals surface area contributed by atoms with Gasteiger partial charge in [0, 0.05) is 26.2 Å². The molecule has 0 aromatic carbocycles. The number of hydrogen-bond donors (Lipinski definition) is 2. The molecule has 5 nitrogen and oxygen atoms in total. The number of nitrogens with one attached hydrogen (secondary N) is 2. The standard InChI is InChI=1S/C16H30N4O.HI/c1-4-12-5-7-13(8-6-12)18-16(19-14-9-10-14)17-11-15(21)20(2)3;/h12-14H,4-11H2,1-3H3,(H2,17,18,19);1H. The Morgan fingerprint density at radius 1 is 1.05 bits per heavy atom. The van der Waals surface area contributed by atoms with Crippen molar-refractivity contribution in [2.45, 2.75) is 64.0 Å². The van der Waals surface area contributed by atoms with Gasteiger partial charge in [0.1, 0.15) is 6.54 Å². The number of carbonyl (C=O) groups is 1. The van der Waals surface area contributed by atoms with Crippen molar-refractivity contribution in [3.63, 3.8) is 0 Å². The Morgan fingerprint density at radius 3 is 1.95 bits per heavy atom. The van der Waals surface area contributed by atoms with Gasteiger partial charge >= 0.3 is 0 Å². The lowest BCUT2D eigenvalue weighted by Crippen LogP contribution is -2.46. The van der Waals surface area contributed by atoms with Gasteiger partial charge in [0.25, 0.3) is 0 Å². The summed E-state index contributed by atoms with van der Waals surface area (Å²) in [6, 6.07) is 1.06. The SMILES string of the molecule is CCC1CCC(NC(=NCC(=O)N(C)C)NC2CC2)CC1.I. The molecule has 2 N–H and O–H groups in total. The summed E-state index contributed by atoms with van der Waals surface area (Å²) < 4.78 is 0. The first kappa shape index (κ1) is 19.5. The van der Waals surface area contributed by atoms with Crippen LogP contribution in [0.15, 0.2) is 4.99 Å². The van der Waals surface area contributed by atoms with E-state index in [-0.39, 0.29) is 36.4 Å². The molecule has 0 atom stereocenters. The van der Waals surface area contributed by atoms with E-state index in [0.717, 1.165) is 11.9 Å². The summed E-state index contributed by atoms with van der Waals surface area (Å²) in [6.07, 6.45) is 8.77. The summed E-state index contributed by atoms with van der Waals surface area (Å²) in [6.45, 7) is 2.51. The maximum Gasteiger partial charge on any atom is 0.243 e. The van der Waals surface area contributed by atoms with Crippen molar-refractivity contribution in [1.29, 1.82) is 0 Å². The molecule has 2 saturated carbocycles. The van der Waals surface area contributed by atoms with Gasteiger partial charge in [-0.05, 0) is 44.4 Å². The number of halogens is 1. The first-order valence-electron chi connectivity index (χ1n) is 8.36. The van der Waals surface area contributed by atoms with E-state index in [1.54, 1.807) is 19.0 Å². The Balaban J connectivity index is 0.00000242. The number of hydrogen-bond acceptors (Lipinski definition) is 2. The predicted octanol–water partition coefficient (Wildman–Crippen LogP) is 2.36. The zero-order chi connectivity index (χ0) is 15.2. The Labute approximate surface area is 151 Å². The summed E-state index contributed by atoms with van der Waals surface area (Å²) >= 11 is 0. The topological polar surface area (TPSA) is 56.7 Å². The Morgan fingerprint density at radius 2 is 1.55 bits per heavy atom. The molecule has 2 rings (SSSR count). The van der Waals surface area contributed by atoms with E-state index in [0.29, 0.717) is 12.1 Å². The van der Waals surface area contributed by atoms with Crippen LogP contribution in [0.3, 0.4) is 0 Å². The highest BCUT2D eigenvalue weighted by Gasteiger charge is 2.25. The number of carbonyl (C=O) groups excluding carboxylic acids is 1. The van der Waals surface area contributed by atoms with Gasteiger partial charge in [-0.3, -0.25) is 4.79 Å². The van der Waals surface area contributed by atoms with Gasteiger partial charge in [-0.2, -0.15) is 0 Å². The third kappa shape index (κ3) is 6.71. The molecule has 0 heterocycles. The maximum absolute atomic E-state index is 11.7. The van der Waals surface area contributed by atoms with Crippen molar-refractivity contribution in [3.8, 4) is 0 Å². The van der Waals surface area contributed by atoms with Crippen LogP contribution in [-0.4, -0.2) is 49.5 Å². The molecule has 22 heavy (non-hydrogen) atoms. The highest BCUT2D eigenvalue weighted by molar-refractivity contribution is 14.0. The van der Waals surface area contributed by atoms with Crippen molar-refractivity contribution < 1.29 is 4.79 Å². The summed E-state index contributed by atoms with van der Waals surface area (Å²) in [5.74, 6) is 1.77. The molecule has 6 heteroatoms. The number of guanidine groups is 1. The van der Waals surface area contributed by atoms with Gasteiger partial charge in [0.2, 0.25) is 5.91 Å². The normalized spacial score (nSPS) is 25.1. The van der Waals surface area contributed by atoms with Crippen LogP contribution in [0, 0.1) is 5.92 Å². The van der Waals surface area contributed by atoms with Gasteiger partial charge in [0.15, 0.2) is 5.96 Å². The minimum Gasteiger partial charge on any atom is -0.354 e. The second-order valence-electron chi connectivity index (χ2n) is 6.64. The minimum absolute atomic E-state index is 0. The average Bonchev–Trinajstić information content (AvgIpc) is 3.29. The molecular weight excluding hydrogens is 391 g/mol. The lowest BCUT2D eigenvalue weighted by atomic mass is 9.84. The Hall–Kier alpha value is -0.530. The van der Waals surface area contributed by atoms with Gasteiger partial charge in [-0.1, -0.05) is 13.3 Å². The van der Waals surface area contributed by atoms with E-state index in [1.165, 1.54) is 44.9 Å². The van der Waals surface area contributed by atoms with E-state index >= 15 is 0 Å². The summed E-state index contributed by atoms with van der Waals surface area (Å²) in [7, 11) is 3.54. The fraction of sp³-hybridized carbons (Fsp3) is 0.875. The lowest BCUT2D eigenvalue weighted by Gasteiger charge is -2.29. The van der Waals surface area contributed by atoms with Crippen molar-refractivity contribution >= 4 is 35.8 Å². The van der Waals surface area contributed by atoms with Crippen molar-refractivity contribution in [2.75, 3.05) is 20.6 Å². The number of aliphatic imine (C=N–C) groups is 1. The fourth-order valence-corrected chi connectivity index (χ4v) is 2.75. The molecule has 2 fully saturated rings. The molecule has 0 aromatic heterocycles. The smallest absolute Gasteiger partial charge is 0.243 e. The molecule has 1 amide bonds. The first-order valence-corrected chi connectivity index (χ1v) is 8.36. The second kappa shape index (κ2) is 9.57. The maximum atomic E-state index is 11.7. The minimum atomic E-state index is 0. The molecule has 2 aliphatic rings. The number of rotatable bonds is 5. The highest BCUT2D eigenvalue weighted by atomic mass is 127. The Kier molecular flexibility index (Phi) is 8.49. The predicted molar refractivity (Wildman–Crippen MR) is 102 cm³/mol. The van der Waals surface area contributed by atoms with Crippen LogP contribution in [0.4, 0.5) is 0 Å². The summed E-state index contributed by atoms with van der Waals surface area (Å²) in [4.78, 5) is 17.7. The van der Waals surface area contributed by atoms with Crippen LogP contribution in [-0.2, 0) is 4.79 Å². The van der Waals surface area contributed by atoms with E-state index < -0.39 is 0 Å². The molecule has 128 valence electrons. The molecule has 0 bridgehead atoms. The van der Waals surface area contributed by atoms with Crippen LogP contribution in [0.1, 0.15) is 51.9 Å². The van der Waals surface area contributed by atoms with E-state index in [2.05, 4.69) is 22.5 Å². The first-order chi connectivity index (χ1) is 10.1. The average molecular weight is 422 g/mol. The third-order valence-corrected chi connectivity index (χ3v) is 4.55. The molecule has 0 aromatic rings. The molecule has 0 spiro atoms. The molecule has 0 aliphatic heterocycles. The van der Waals surface area contributed by atoms with Gasteiger partial charge < -0.3 is 15.5 Å². The van der Waals surface area contributed by atoms with E-state index in [4.69, 9.17) is 0 Å². The second-order valence-corrected chi connectivity index (χ2v) is 6.64. The van der Waals surface area contributed by atoms with Gasteiger partial charge in [-0.15, -0.1) is 24.0 Å². The zero-order valence-electron chi connectivity index (χ0n) is 14.1. The van der Waals surface area contributed by atoms with Crippen molar-refractivity contribution in [2.24, 2.45) is 10.9 Å². The highest BCUT2D eigenvalue weighted by Crippen LogP contribution is 2.26. The lowest BCUT2D eigenvalue weighted by molar-refractivity contribution is -0.127. The monoisotopic (exact) mass is 422 g/mol. The summed E-state index contributed by atoms with van der Waals surface area (Å²) in [5, 5.41) is 6.96. The van der Waals surface area contributed by atoms with Crippen molar-refractivity contribution in [1.82, 2.24) is 15.5 Å². The van der Waals surface area contributed by atoms with Crippen LogP contribution in [0.5, 0.6) is 0 Å². The molecule has 0 unspecified atom stereocenters. The van der Waals surface area contributed by atoms with Crippen LogP contribution >= 0.6 is 24.0 Å². The van der Waals surface area contributed by atoms with E-state index in [9.17, 15) is 4.79 Å². The molecule has 0 radical (unpaired) electrons. The molecule has 2 aliphatic carbocycles. The molecule has 0 saturated heterocycles. The van der Waals surface area contributed by atoms with Gasteiger partial charge in [-0.25, -0.2) is 4.99 Å². The van der Waals surface area contributed by atoms with E-state index in [1.807, 2.05) is 0 Å². The number of amides is 1. The summed E-state index contributed by atoms with van der Waals surface area (Å²) in [5.41, 5.74) is 0. The number of nitrogens with zero attached hydrogens (tertiary/aromatic N) is 2. The number of likely N-dealkylation sites (N-methyl/N-ethyl adjacent to an activating group) is 1. The van der Waals surface area contributed by atoms with Gasteiger partial charge in [0.05, 0.1) is 0 Å². The zero-order valence-corrected chi connectivity index (χ0v) is 16.4. The van der Waals surface area contributed by atoms with Crippen LogP contribution in [0.25, 0.3) is 0 Å². The molecular formula is C16H31IN4O. The van der Waals surface area contributed by atoms with Crippen LogP contribution in [0.2, 0.25) is 0 Å². The fourth-order valence-electron chi connectivity index (χ4n) is 2.75.